The number of ether oxygens (including phenoxy) is 2. The van der Waals surface area contributed by atoms with Gasteiger partial charge in [0.15, 0.2) is 5.13 Å². The highest BCUT2D eigenvalue weighted by molar-refractivity contribution is 7.23. The lowest BCUT2D eigenvalue weighted by atomic mass is 10.0. The molecule has 0 aromatic carbocycles. The molecular formula is C19H23N7O4S. The van der Waals surface area contributed by atoms with E-state index < -0.39 is 11.7 Å². The molecule has 1 atom stereocenters. The second kappa shape index (κ2) is 8.02. The standard InChI is InChI=1S/C19H23N7O4S/c1-19(10-21-18(28)30-19)5-6-25(2)17(27)24-16-23-13-14(31-16)12(8-20-15(13)29-4)11-7-22-26(3)9-11/h7-9H,5-6,10H2,1-4H3,(H,21,28)(H,23,24,27). The van der Waals surface area contributed by atoms with Crippen molar-refractivity contribution in [1.82, 2.24) is 30.0 Å². The molecule has 11 nitrogen and oxygen atoms in total. The predicted molar refractivity (Wildman–Crippen MR) is 115 cm³/mol. The summed E-state index contributed by atoms with van der Waals surface area (Å²) < 4.78 is 13.2. The van der Waals surface area contributed by atoms with Gasteiger partial charge >= 0.3 is 12.1 Å². The number of alkyl carbamates (subject to hydrolysis) is 1. The molecule has 3 aromatic heterocycles. The monoisotopic (exact) mass is 445 g/mol. The van der Waals surface area contributed by atoms with E-state index in [1.54, 1.807) is 24.1 Å². The van der Waals surface area contributed by atoms with E-state index in [9.17, 15) is 9.59 Å². The Bertz CT molecular complexity index is 1140. The third kappa shape index (κ3) is 4.24. The fraction of sp³-hybridized carbons (Fsp3) is 0.421. The number of methoxy groups -OCH3 is 1. The van der Waals surface area contributed by atoms with Gasteiger partial charge in [0.25, 0.3) is 0 Å². The summed E-state index contributed by atoms with van der Waals surface area (Å²) in [5, 5.41) is 10.1. The normalized spacial score (nSPS) is 18.0. The van der Waals surface area contributed by atoms with Gasteiger partial charge in [-0.05, 0) is 6.92 Å². The molecule has 4 rings (SSSR count). The molecule has 0 saturated carbocycles. The van der Waals surface area contributed by atoms with E-state index in [1.165, 1.54) is 23.3 Å². The number of urea groups is 1. The largest absolute Gasteiger partial charge is 0.479 e. The van der Waals surface area contributed by atoms with Crippen molar-refractivity contribution >= 4 is 38.8 Å². The molecule has 31 heavy (non-hydrogen) atoms. The van der Waals surface area contributed by atoms with E-state index in [0.29, 0.717) is 36.0 Å². The van der Waals surface area contributed by atoms with Gasteiger partial charge in [0.05, 0.1) is 24.6 Å². The van der Waals surface area contributed by atoms with Gasteiger partial charge in [-0.2, -0.15) is 5.10 Å². The van der Waals surface area contributed by atoms with E-state index in [0.717, 1.165) is 15.8 Å². The first-order valence-electron chi connectivity index (χ1n) is 9.59. The summed E-state index contributed by atoms with van der Waals surface area (Å²) in [6, 6.07) is -0.310. The van der Waals surface area contributed by atoms with Crippen LogP contribution in [0, 0.1) is 0 Å². The molecule has 3 amide bonds. The minimum atomic E-state index is -0.626. The molecule has 3 aromatic rings. The molecule has 0 aliphatic carbocycles. The summed E-state index contributed by atoms with van der Waals surface area (Å²) in [4.78, 5) is 34.4. The number of hydrogen-bond donors (Lipinski definition) is 2. The van der Waals surface area contributed by atoms with Crippen LogP contribution in [0.2, 0.25) is 0 Å². The summed E-state index contributed by atoms with van der Waals surface area (Å²) in [7, 11) is 5.05. The van der Waals surface area contributed by atoms with Gasteiger partial charge in [-0.1, -0.05) is 11.3 Å². The van der Waals surface area contributed by atoms with Crippen molar-refractivity contribution in [2.24, 2.45) is 7.05 Å². The topological polar surface area (TPSA) is 124 Å². The first-order chi connectivity index (χ1) is 14.8. The van der Waals surface area contributed by atoms with Crippen molar-refractivity contribution in [3.63, 3.8) is 0 Å². The summed E-state index contributed by atoms with van der Waals surface area (Å²) in [6.45, 7) is 2.67. The van der Waals surface area contributed by atoms with Crippen LogP contribution in [0.25, 0.3) is 21.3 Å². The van der Waals surface area contributed by atoms with Crippen molar-refractivity contribution in [3.05, 3.63) is 18.6 Å². The van der Waals surface area contributed by atoms with E-state index in [-0.39, 0.29) is 6.03 Å². The number of thiazole rings is 1. The number of anilines is 1. The molecule has 2 N–H and O–H groups in total. The van der Waals surface area contributed by atoms with Crippen LogP contribution >= 0.6 is 11.3 Å². The number of rotatable bonds is 6. The summed E-state index contributed by atoms with van der Waals surface area (Å²) in [5.41, 5.74) is 1.70. The molecule has 0 radical (unpaired) electrons. The highest BCUT2D eigenvalue weighted by Gasteiger charge is 2.35. The maximum Gasteiger partial charge on any atom is 0.407 e. The van der Waals surface area contributed by atoms with Crippen molar-refractivity contribution in [1.29, 1.82) is 0 Å². The number of carbonyl (C=O) groups excluding carboxylic acids is 2. The number of pyridine rings is 1. The molecule has 1 aliphatic rings. The highest BCUT2D eigenvalue weighted by Crippen LogP contribution is 2.38. The van der Waals surface area contributed by atoms with Crippen LogP contribution in [0.5, 0.6) is 5.88 Å². The van der Waals surface area contributed by atoms with Crippen LogP contribution < -0.4 is 15.4 Å². The average Bonchev–Trinajstić information content (AvgIpc) is 3.44. The fourth-order valence-corrected chi connectivity index (χ4v) is 4.23. The Hall–Kier alpha value is -3.41. The van der Waals surface area contributed by atoms with E-state index >= 15 is 0 Å². The summed E-state index contributed by atoms with van der Waals surface area (Å²) in [5.74, 6) is 0.385. The second-order valence-corrected chi connectivity index (χ2v) is 8.57. The number of nitrogens with zero attached hydrogens (tertiary/aromatic N) is 5. The third-order valence-electron chi connectivity index (χ3n) is 5.08. The number of amides is 3. The van der Waals surface area contributed by atoms with Crippen LogP contribution in [0.4, 0.5) is 14.7 Å². The van der Waals surface area contributed by atoms with Crippen molar-refractivity contribution < 1.29 is 19.1 Å². The zero-order valence-corrected chi connectivity index (χ0v) is 18.4. The first-order valence-corrected chi connectivity index (χ1v) is 10.4. The van der Waals surface area contributed by atoms with Crippen LogP contribution in [-0.4, -0.2) is 69.6 Å². The number of aryl methyl sites for hydroxylation is 1. The number of fused-ring (bicyclic) bond motifs is 1. The summed E-state index contributed by atoms with van der Waals surface area (Å²) >= 11 is 1.34. The predicted octanol–water partition coefficient (Wildman–Crippen LogP) is 2.45. The highest BCUT2D eigenvalue weighted by atomic mass is 32.1. The molecule has 1 unspecified atom stereocenters. The van der Waals surface area contributed by atoms with Crippen LogP contribution in [-0.2, 0) is 11.8 Å². The number of cyclic esters (lactones) is 1. The van der Waals surface area contributed by atoms with E-state index in [4.69, 9.17) is 9.47 Å². The molecule has 1 aliphatic heterocycles. The van der Waals surface area contributed by atoms with Gasteiger partial charge in [0.2, 0.25) is 5.88 Å². The SMILES string of the molecule is COc1ncc(-c2cnn(C)c2)c2sc(NC(=O)N(C)CCC3(C)CNC(=O)O3)nc12. The Morgan fingerprint density at radius 2 is 2.29 bits per heavy atom. The van der Waals surface area contributed by atoms with Crippen molar-refractivity contribution in [3.8, 4) is 17.0 Å². The first kappa shape index (κ1) is 20.8. The zero-order chi connectivity index (χ0) is 22.2. The summed E-state index contributed by atoms with van der Waals surface area (Å²) in [6.07, 6.45) is 5.43. The molecule has 12 heteroatoms. The van der Waals surface area contributed by atoms with Gasteiger partial charge in [-0.15, -0.1) is 0 Å². The average molecular weight is 446 g/mol. The second-order valence-electron chi connectivity index (χ2n) is 7.58. The Morgan fingerprint density at radius 3 is 2.94 bits per heavy atom. The van der Waals surface area contributed by atoms with Crippen LogP contribution in [0.15, 0.2) is 18.6 Å². The maximum absolute atomic E-state index is 12.7. The molecule has 1 saturated heterocycles. The fourth-order valence-electron chi connectivity index (χ4n) is 3.25. The Kier molecular flexibility index (Phi) is 5.39. The van der Waals surface area contributed by atoms with Crippen LogP contribution in [0.3, 0.4) is 0 Å². The number of aromatic nitrogens is 4. The minimum Gasteiger partial charge on any atom is -0.479 e. The van der Waals surface area contributed by atoms with Gasteiger partial charge < -0.3 is 19.7 Å². The van der Waals surface area contributed by atoms with E-state index in [2.05, 4.69) is 25.7 Å². The van der Waals surface area contributed by atoms with Crippen molar-refractivity contribution in [2.45, 2.75) is 18.9 Å². The number of carbonyl (C=O) groups is 2. The Balaban J connectivity index is 1.51. The molecule has 0 spiro atoms. The molecule has 164 valence electrons. The van der Waals surface area contributed by atoms with Gasteiger partial charge in [0, 0.05) is 50.6 Å². The quantitative estimate of drug-likeness (QED) is 0.597. The minimum absolute atomic E-state index is 0.310. The number of nitrogens with one attached hydrogen (secondary N) is 2. The molecular weight excluding hydrogens is 422 g/mol. The smallest absolute Gasteiger partial charge is 0.407 e. The van der Waals surface area contributed by atoms with Crippen LogP contribution in [0.1, 0.15) is 13.3 Å². The maximum atomic E-state index is 12.7. The molecule has 0 bridgehead atoms. The van der Waals surface area contributed by atoms with Gasteiger partial charge in [0.1, 0.15) is 11.1 Å². The molecule has 1 fully saturated rings. The lowest BCUT2D eigenvalue weighted by Crippen LogP contribution is -2.38. The molecule has 4 heterocycles. The lowest BCUT2D eigenvalue weighted by Gasteiger charge is -2.24. The third-order valence-corrected chi connectivity index (χ3v) is 6.08. The van der Waals surface area contributed by atoms with Crippen molar-refractivity contribution in [2.75, 3.05) is 32.6 Å². The van der Waals surface area contributed by atoms with E-state index in [1.807, 2.05) is 20.2 Å². The van der Waals surface area contributed by atoms with Gasteiger partial charge in [-0.3, -0.25) is 10.00 Å². The zero-order valence-electron chi connectivity index (χ0n) is 17.6. The Morgan fingerprint density at radius 1 is 1.48 bits per heavy atom. The number of hydrogen-bond acceptors (Lipinski definition) is 8. The van der Waals surface area contributed by atoms with Gasteiger partial charge in [-0.25, -0.2) is 19.6 Å². The lowest BCUT2D eigenvalue weighted by molar-refractivity contribution is 0.0602. The Labute approximate surface area is 182 Å².